The molecule has 0 spiro atoms. The summed E-state index contributed by atoms with van der Waals surface area (Å²) in [4.78, 5) is 11.7. The number of hydrogen-bond donors (Lipinski definition) is 2. The lowest BCUT2D eigenvalue weighted by atomic mass is 10.0. The van der Waals surface area contributed by atoms with E-state index in [4.69, 9.17) is 4.74 Å². The van der Waals surface area contributed by atoms with Crippen LogP contribution >= 0.6 is 0 Å². The monoisotopic (exact) mass is 439 g/mol. The van der Waals surface area contributed by atoms with Gasteiger partial charge in [-0.15, -0.1) is 0 Å². The molecule has 0 radical (unpaired) electrons. The van der Waals surface area contributed by atoms with Gasteiger partial charge >= 0.3 is 5.97 Å². The molecule has 1 atom stereocenters. The lowest BCUT2D eigenvalue weighted by Crippen LogP contribution is -2.42. The number of carboxylic acid groups (broad SMARTS) is 1. The number of rotatable bonds is 10. The highest BCUT2D eigenvalue weighted by molar-refractivity contribution is 7.89. The van der Waals surface area contributed by atoms with Crippen molar-refractivity contribution in [3.8, 4) is 5.75 Å². The first-order valence-electron chi connectivity index (χ1n) is 9.88. The topological polar surface area (TPSA) is 92.7 Å². The Morgan fingerprint density at radius 1 is 0.903 bits per heavy atom. The number of carbonyl (C=O) groups is 1. The minimum Gasteiger partial charge on any atom is -0.497 e. The normalized spacial score (nSPS) is 12.3. The van der Waals surface area contributed by atoms with Crippen LogP contribution in [0.4, 0.5) is 0 Å². The molecule has 0 unspecified atom stereocenters. The van der Waals surface area contributed by atoms with Gasteiger partial charge in [-0.3, -0.25) is 4.79 Å². The quantitative estimate of drug-likeness (QED) is 0.505. The Hall–Kier alpha value is -3.16. The van der Waals surface area contributed by atoms with E-state index in [-0.39, 0.29) is 11.3 Å². The fraction of sp³-hybridized carbons (Fsp3) is 0.208. The van der Waals surface area contributed by atoms with Gasteiger partial charge in [-0.1, -0.05) is 54.6 Å². The summed E-state index contributed by atoms with van der Waals surface area (Å²) in [7, 11) is -2.37. The van der Waals surface area contributed by atoms with Crippen molar-refractivity contribution in [1.82, 2.24) is 4.72 Å². The molecule has 0 aromatic heterocycles. The standard InChI is InChI=1S/C24H25NO5S/c1-30-21-14-12-18(13-15-21)10-11-20-8-5-9-22(16-20)31(28,29)25-23(24(26)27)17-19-6-3-2-4-7-19/h2-9,12-16,23,25H,10-11,17H2,1H3,(H,26,27)/t23-/m0/s1. The van der Waals surface area contributed by atoms with Crippen LogP contribution in [-0.2, 0) is 34.1 Å². The van der Waals surface area contributed by atoms with Crippen molar-refractivity contribution < 1.29 is 23.1 Å². The molecule has 3 rings (SSSR count). The van der Waals surface area contributed by atoms with E-state index < -0.39 is 22.0 Å². The number of ether oxygens (including phenoxy) is 1. The average Bonchev–Trinajstić information content (AvgIpc) is 2.78. The Morgan fingerprint density at radius 3 is 2.19 bits per heavy atom. The largest absolute Gasteiger partial charge is 0.497 e. The number of nitrogens with one attached hydrogen (secondary N) is 1. The zero-order valence-corrected chi connectivity index (χ0v) is 18.0. The predicted molar refractivity (Wildman–Crippen MR) is 119 cm³/mol. The number of aliphatic carboxylic acids is 1. The zero-order valence-electron chi connectivity index (χ0n) is 17.2. The summed E-state index contributed by atoms with van der Waals surface area (Å²) < 4.78 is 33.2. The predicted octanol–water partition coefficient (Wildman–Crippen LogP) is 3.45. The zero-order chi connectivity index (χ0) is 22.3. The first kappa shape index (κ1) is 22.5. The third kappa shape index (κ3) is 6.41. The van der Waals surface area contributed by atoms with Crippen molar-refractivity contribution in [2.24, 2.45) is 0 Å². The van der Waals surface area contributed by atoms with Crippen LogP contribution in [0.3, 0.4) is 0 Å². The van der Waals surface area contributed by atoms with Crippen LogP contribution in [0.2, 0.25) is 0 Å². The van der Waals surface area contributed by atoms with Gasteiger partial charge in [0.05, 0.1) is 12.0 Å². The van der Waals surface area contributed by atoms with E-state index in [1.54, 1.807) is 43.5 Å². The minimum absolute atomic E-state index is 0.0547. The molecule has 3 aromatic carbocycles. The van der Waals surface area contributed by atoms with Crippen LogP contribution in [0.5, 0.6) is 5.75 Å². The second-order valence-electron chi connectivity index (χ2n) is 7.20. The maximum absolute atomic E-state index is 12.8. The van der Waals surface area contributed by atoms with Gasteiger partial charge in [0.25, 0.3) is 0 Å². The van der Waals surface area contributed by atoms with Crippen LogP contribution < -0.4 is 9.46 Å². The maximum Gasteiger partial charge on any atom is 0.322 e. The molecule has 0 aliphatic heterocycles. The van der Waals surface area contributed by atoms with Crippen LogP contribution in [0.1, 0.15) is 16.7 Å². The number of hydrogen-bond acceptors (Lipinski definition) is 4. The van der Waals surface area contributed by atoms with Crippen molar-refractivity contribution in [2.75, 3.05) is 7.11 Å². The Bertz CT molecular complexity index is 1110. The molecular formula is C24H25NO5S. The molecule has 0 fully saturated rings. The molecule has 0 aliphatic carbocycles. The molecule has 0 bridgehead atoms. The summed E-state index contributed by atoms with van der Waals surface area (Å²) in [6.07, 6.45) is 1.46. The highest BCUT2D eigenvalue weighted by Crippen LogP contribution is 2.17. The van der Waals surface area contributed by atoms with E-state index in [9.17, 15) is 18.3 Å². The summed E-state index contributed by atoms with van der Waals surface area (Å²) >= 11 is 0. The van der Waals surface area contributed by atoms with Crippen LogP contribution in [0.25, 0.3) is 0 Å². The molecule has 3 aromatic rings. The van der Waals surface area contributed by atoms with Crippen molar-refractivity contribution in [2.45, 2.75) is 30.2 Å². The van der Waals surface area contributed by atoms with Crippen LogP contribution in [-0.4, -0.2) is 32.6 Å². The Morgan fingerprint density at radius 2 is 1.55 bits per heavy atom. The minimum atomic E-state index is -3.99. The van der Waals surface area contributed by atoms with Gasteiger partial charge in [-0.2, -0.15) is 4.72 Å². The van der Waals surface area contributed by atoms with Crippen molar-refractivity contribution in [1.29, 1.82) is 0 Å². The molecule has 0 amide bonds. The number of aryl methyl sites for hydroxylation is 2. The highest BCUT2D eigenvalue weighted by atomic mass is 32.2. The van der Waals surface area contributed by atoms with E-state index in [1.165, 1.54) is 6.07 Å². The molecule has 2 N–H and O–H groups in total. The fourth-order valence-electron chi connectivity index (χ4n) is 3.23. The first-order valence-corrected chi connectivity index (χ1v) is 11.4. The van der Waals surface area contributed by atoms with E-state index in [1.807, 2.05) is 36.4 Å². The van der Waals surface area contributed by atoms with E-state index in [2.05, 4.69) is 4.72 Å². The second-order valence-corrected chi connectivity index (χ2v) is 8.91. The summed E-state index contributed by atoms with van der Waals surface area (Å²) in [5, 5.41) is 9.51. The molecule has 0 saturated carbocycles. The third-order valence-electron chi connectivity index (χ3n) is 4.95. The summed E-state index contributed by atoms with van der Waals surface area (Å²) in [6, 6.07) is 22.0. The molecule has 7 heteroatoms. The highest BCUT2D eigenvalue weighted by Gasteiger charge is 2.25. The SMILES string of the molecule is COc1ccc(CCc2cccc(S(=O)(=O)N[C@@H](Cc3ccccc3)C(=O)O)c2)cc1. The molecule has 31 heavy (non-hydrogen) atoms. The fourth-order valence-corrected chi connectivity index (χ4v) is 4.49. The van der Waals surface area contributed by atoms with Crippen molar-refractivity contribution >= 4 is 16.0 Å². The third-order valence-corrected chi connectivity index (χ3v) is 6.42. The van der Waals surface area contributed by atoms with E-state index >= 15 is 0 Å². The molecule has 0 saturated heterocycles. The summed E-state index contributed by atoms with van der Waals surface area (Å²) in [5.74, 6) is -0.436. The van der Waals surface area contributed by atoms with E-state index in [0.717, 1.165) is 28.9 Å². The van der Waals surface area contributed by atoms with Gasteiger partial charge < -0.3 is 9.84 Å². The molecular weight excluding hydrogens is 414 g/mol. The molecule has 0 heterocycles. The van der Waals surface area contributed by atoms with Crippen LogP contribution in [0, 0.1) is 0 Å². The lowest BCUT2D eigenvalue weighted by Gasteiger charge is -2.15. The number of carboxylic acids is 1. The summed E-state index contributed by atoms with van der Waals surface area (Å²) in [5.41, 5.74) is 2.71. The average molecular weight is 440 g/mol. The number of sulfonamides is 1. The van der Waals surface area contributed by atoms with Gasteiger partial charge in [0.15, 0.2) is 0 Å². The molecule has 162 valence electrons. The van der Waals surface area contributed by atoms with Gasteiger partial charge in [-0.25, -0.2) is 8.42 Å². The molecule has 6 nitrogen and oxygen atoms in total. The van der Waals surface area contributed by atoms with E-state index in [0.29, 0.717) is 6.42 Å². The van der Waals surface area contributed by atoms with Gasteiger partial charge in [0.2, 0.25) is 10.0 Å². The smallest absolute Gasteiger partial charge is 0.322 e. The van der Waals surface area contributed by atoms with Crippen LogP contribution in [0.15, 0.2) is 83.8 Å². The maximum atomic E-state index is 12.8. The molecule has 0 aliphatic rings. The first-order chi connectivity index (χ1) is 14.9. The number of benzene rings is 3. The number of methoxy groups -OCH3 is 1. The lowest BCUT2D eigenvalue weighted by molar-refractivity contribution is -0.138. The van der Waals surface area contributed by atoms with Gasteiger partial charge in [-0.05, 0) is 60.2 Å². The second kappa shape index (κ2) is 10.2. The van der Waals surface area contributed by atoms with Crippen molar-refractivity contribution in [3.05, 3.63) is 95.6 Å². The van der Waals surface area contributed by atoms with Gasteiger partial charge in [0, 0.05) is 0 Å². The van der Waals surface area contributed by atoms with Crippen molar-refractivity contribution in [3.63, 3.8) is 0 Å². The summed E-state index contributed by atoms with van der Waals surface area (Å²) in [6.45, 7) is 0. The Balaban J connectivity index is 1.70. The van der Waals surface area contributed by atoms with Gasteiger partial charge in [0.1, 0.15) is 11.8 Å². The Kier molecular flexibility index (Phi) is 7.44. The Labute approximate surface area is 182 Å².